The van der Waals surface area contributed by atoms with Gasteiger partial charge in [0.2, 0.25) is 0 Å². The third kappa shape index (κ3) is 3.31. The highest BCUT2D eigenvalue weighted by atomic mass is 16.2. The fraction of sp³-hybridized carbons (Fsp3) is 0.158. The van der Waals surface area contributed by atoms with E-state index in [4.69, 9.17) is 0 Å². The van der Waals surface area contributed by atoms with Crippen LogP contribution in [0.15, 0.2) is 60.7 Å². The Bertz CT molecular complexity index is 827. The van der Waals surface area contributed by atoms with Crippen LogP contribution in [0.5, 0.6) is 0 Å². The fourth-order valence-electron chi connectivity index (χ4n) is 2.42. The van der Waals surface area contributed by atoms with Crippen molar-refractivity contribution in [3.05, 3.63) is 71.9 Å². The Morgan fingerprint density at radius 1 is 1.04 bits per heavy atom. The number of hydrogen-bond donors (Lipinski definition) is 1. The van der Waals surface area contributed by atoms with E-state index in [0.29, 0.717) is 12.2 Å². The first-order valence-corrected chi connectivity index (χ1v) is 7.68. The van der Waals surface area contributed by atoms with Crippen LogP contribution >= 0.6 is 0 Å². The number of aromatic nitrogens is 1. The standard InChI is InChI=1S/C19H19N3O/c1-3-22(16-11-8-14(2)9-12-16)21-19(23)18-13-10-15-6-4-5-7-17(15)20-18/h4-13H,3H2,1-2H3,(H,21,23). The Morgan fingerprint density at radius 2 is 1.78 bits per heavy atom. The molecular weight excluding hydrogens is 286 g/mol. The minimum atomic E-state index is -0.210. The second-order valence-electron chi connectivity index (χ2n) is 5.41. The number of hydrogen-bond acceptors (Lipinski definition) is 3. The van der Waals surface area contributed by atoms with Gasteiger partial charge in [0.25, 0.3) is 5.91 Å². The Balaban J connectivity index is 1.82. The molecule has 0 spiro atoms. The smallest absolute Gasteiger partial charge is 0.286 e. The second-order valence-corrected chi connectivity index (χ2v) is 5.41. The molecule has 116 valence electrons. The monoisotopic (exact) mass is 305 g/mol. The molecule has 4 heteroatoms. The molecule has 0 aliphatic rings. The van der Waals surface area contributed by atoms with Gasteiger partial charge >= 0.3 is 0 Å². The zero-order chi connectivity index (χ0) is 16.2. The van der Waals surface area contributed by atoms with Crippen LogP contribution in [-0.2, 0) is 0 Å². The lowest BCUT2D eigenvalue weighted by Crippen LogP contribution is -2.42. The number of fused-ring (bicyclic) bond motifs is 1. The first-order valence-electron chi connectivity index (χ1n) is 7.68. The Hall–Kier alpha value is -2.88. The maximum absolute atomic E-state index is 12.5. The zero-order valence-electron chi connectivity index (χ0n) is 13.3. The molecule has 2 aromatic carbocycles. The van der Waals surface area contributed by atoms with Gasteiger partial charge in [-0.1, -0.05) is 42.0 Å². The number of anilines is 1. The van der Waals surface area contributed by atoms with Gasteiger partial charge in [-0.2, -0.15) is 0 Å². The molecule has 3 aromatic rings. The molecule has 1 aromatic heterocycles. The van der Waals surface area contributed by atoms with Crippen LogP contribution in [0.1, 0.15) is 23.0 Å². The number of amides is 1. The maximum Gasteiger partial charge on any atom is 0.288 e. The maximum atomic E-state index is 12.5. The number of nitrogens with one attached hydrogen (secondary N) is 1. The first kappa shape index (κ1) is 15.0. The molecule has 4 nitrogen and oxygen atoms in total. The summed E-state index contributed by atoms with van der Waals surface area (Å²) in [6.07, 6.45) is 0. The van der Waals surface area contributed by atoms with E-state index >= 15 is 0 Å². The highest BCUT2D eigenvalue weighted by molar-refractivity contribution is 5.95. The van der Waals surface area contributed by atoms with E-state index in [-0.39, 0.29) is 5.91 Å². The lowest BCUT2D eigenvalue weighted by Gasteiger charge is -2.23. The van der Waals surface area contributed by atoms with Crippen LogP contribution in [0, 0.1) is 6.92 Å². The van der Waals surface area contributed by atoms with Crippen LogP contribution < -0.4 is 10.4 Å². The number of nitrogens with zero attached hydrogens (tertiary/aromatic N) is 2. The lowest BCUT2D eigenvalue weighted by molar-refractivity contribution is 0.0944. The van der Waals surface area contributed by atoms with E-state index in [2.05, 4.69) is 10.4 Å². The van der Waals surface area contributed by atoms with Crippen molar-refractivity contribution < 1.29 is 4.79 Å². The van der Waals surface area contributed by atoms with Crippen molar-refractivity contribution in [3.8, 4) is 0 Å². The third-order valence-electron chi connectivity index (χ3n) is 3.73. The number of aryl methyl sites for hydroxylation is 1. The molecule has 3 rings (SSSR count). The van der Waals surface area contributed by atoms with E-state index in [0.717, 1.165) is 16.6 Å². The van der Waals surface area contributed by atoms with Gasteiger partial charge in [0.1, 0.15) is 5.69 Å². The van der Waals surface area contributed by atoms with Crippen LogP contribution in [0.3, 0.4) is 0 Å². The summed E-state index contributed by atoms with van der Waals surface area (Å²) in [5, 5.41) is 2.84. The van der Waals surface area contributed by atoms with Gasteiger partial charge in [0.05, 0.1) is 11.2 Å². The van der Waals surface area contributed by atoms with E-state index in [1.165, 1.54) is 5.56 Å². The molecule has 0 radical (unpaired) electrons. The molecule has 0 atom stereocenters. The van der Waals surface area contributed by atoms with Crippen molar-refractivity contribution in [2.45, 2.75) is 13.8 Å². The number of carbonyl (C=O) groups is 1. The number of carbonyl (C=O) groups excluding carboxylic acids is 1. The summed E-state index contributed by atoms with van der Waals surface area (Å²) in [7, 11) is 0. The SMILES string of the molecule is CCN(NC(=O)c1ccc2ccccc2n1)c1ccc(C)cc1. The van der Waals surface area contributed by atoms with Gasteiger partial charge in [0, 0.05) is 11.9 Å². The summed E-state index contributed by atoms with van der Waals surface area (Å²) in [6, 6.07) is 19.5. The molecule has 0 aliphatic carbocycles. The van der Waals surface area contributed by atoms with Crippen molar-refractivity contribution in [1.29, 1.82) is 0 Å². The fourth-order valence-corrected chi connectivity index (χ4v) is 2.42. The molecule has 0 unspecified atom stereocenters. The van der Waals surface area contributed by atoms with Gasteiger partial charge in [0.15, 0.2) is 0 Å². The van der Waals surface area contributed by atoms with Crippen LogP contribution in [0.4, 0.5) is 5.69 Å². The highest BCUT2D eigenvalue weighted by Crippen LogP contribution is 2.14. The lowest BCUT2D eigenvalue weighted by atomic mass is 10.2. The Morgan fingerprint density at radius 3 is 2.52 bits per heavy atom. The van der Waals surface area contributed by atoms with Crippen molar-refractivity contribution in [3.63, 3.8) is 0 Å². The molecule has 23 heavy (non-hydrogen) atoms. The Labute approximate surface area is 135 Å². The summed E-state index contributed by atoms with van der Waals surface area (Å²) >= 11 is 0. The minimum Gasteiger partial charge on any atom is -0.286 e. The molecule has 0 aliphatic heterocycles. The predicted octanol–water partition coefficient (Wildman–Crippen LogP) is 3.71. The predicted molar refractivity (Wildman–Crippen MR) is 93.4 cm³/mol. The van der Waals surface area contributed by atoms with Crippen molar-refractivity contribution >= 4 is 22.5 Å². The molecule has 1 amide bonds. The largest absolute Gasteiger partial charge is 0.288 e. The van der Waals surface area contributed by atoms with E-state index in [9.17, 15) is 4.79 Å². The first-order chi connectivity index (χ1) is 11.2. The van der Waals surface area contributed by atoms with Gasteiger partial charge in [-0.15, -0.1) is 0 Å². The molecular formula is C19H19N3O. The molecule has 1 N–H and O–H groups in total. The van der Waals surface area contributed by atoms with Crippen molar-refractivity contribution in [2.75, 3.05) is 11.6 Å². The average molecular weight is 305 g/mol. The van der Waals surface area contributed by atoms with E-state index in [1.54, 1.807) is 6.07 Å². The molecule has 0 fully saturated rings. The molecule has 0 saturated heterocycles. The topological polar surface area (TPSA) is 45.2 Å². The second kappa shape index (κ2) is 6.48. The molecule has 1 heterocycles. The number of rotatable bonds is 4. The number of hydrazine groups is 1. The van der Waals surface area contributed by atoms with E-state index in [1.807, 2.05) is 73.5 Å². The third-order valence-corrected chi connectivity index (χ3v) is 3.73. The normalized spacial score (nSPS) is 10.5. The number of benzene rings is 2. The van der Waals surface area contributed by atoms with Gasteiger partial charge in [-0.05, 0) is 38.1 Å². The van der Waals surface area contributed by atoms with Crippen molar-refractivity contribution in [1.82, 2.24) is 10.4 Å². The Kier molecular flexibility index (Phi) is 4.24. The van der Waals surface area contributed by atoms with Crippen LogP contribution in [0.2, 0.25) is 0 Å². The van der Waals surface area contributed by atoms with Crippen LogP contribution in [-0.4, -0.2) is 17.4 Å². The minimum absolute atomic E-state index is 0.210. The van der Waals surface area contributed by atoms with E-state index < -0.39 is 0 Å². The van der Waals surface area contributed by atoms with Crippen LogP contribution in [0.25, 0.3) is 10.9 Å². The number of pyridine rings is 1. The van der Waals surface area contributed by atoms with Crippen molar-refractivity contribution in [2.24, 2.45) is 0 Å². The van der Waals surface area contributed by atoms with Gasteiger partial charge in [-0.3, -0.25) is 15.2 Å². The number of para-hydroxylation sites is 1. The zero-order valence-corrected chi connectivity index (χ0v) is 13.3. The summed E-state index contributed by atoms with van der Waals surface area (Å²) in [5.41, 5.74) is 6.28. The quantitative estimate of drug-likeness (QED) is 0.747. The summed E-state index contributed by atoms with van der Waals surface area (Å²) < 4.78 is 0. The summed E-state index contributed by atoms with van der Waals surface area (Å²) in [5.74, 6) is -0.210. The van der Waals surface area contributed by atoms with Gasteiger partial charge in [-0.25, -0.2) is 4.98 Å². The average Bonchev–Trinajstić information content (AvgIpc) is 2.60. The summed E-state index contributed by atoms with van der Waals surface area (Å²) in [4.78, 5) is 16.9. The molecule has 0 bridgehead atoms. The summed E-state index contributed by atoms with van der Waals surface area (Å²) in [6.45, 7) is 4.70. The molecule has 0 saturated carbocycles. The van der Waals surface area contributed by atoms with Gasteiger partial charge < -0.3 is 0 Å². The highest BCUT2D eigenvalue weighted by Gasteiger charge is 2.12.